The van der Waals surface area contributed by atoms with Crippen LogP contribution in [0.25, 0.3) is 0 Å². The largest absolute Gasteiger partial charge is 0.493 e. The van der Waals surface area contributed by atoms with Crippen molar-refractivity contribution in [2.45, 2.75) is 13.0 Å². The third-order valence-corrected chi connectivity index (χ3v) is 4.43. The fraction of sp³-hybridized carbons (Fsp3) is 0.286. The molecule has 1 N–H and O–H groups in total. The number of hydrogen-bond donors (Lipinski definition) is 1. The minimum Gasteiger partial charge on any atom is -0.493 e. The van der Waals surface area contributed by atoms with Crippen LogP contribution in [0.1, 0.15) is 18.5 Å². The van der Waals surface area contributed by atoms with Gasteiger partial charge in [0, 0.05) is 17.3 Å². The molecule has 1 atom stereocenters. The molecule has 1 aromatic heterocycles. The van der Waals surface area contributed by atoms with Crippen LogP contribution in [0.3, 0.4) is 0 Å². The van der Waals surface area contributed by atoms with Crippen molar-refractivity contribution < 1.29 is 9.47 Å². The lowest BCUT2D eigenvalue weighted by Gasteiger charge is -2.16. The molecule has 0 saturated heterocycles. The highest BCUT2D eigenvalue weighted by Gasteiger charge is 2.14. The van der Waals surface area contributed by atoms with Crippen LogP contribution in [0.4, 0.5) is 5.69 Å². The van der Waals surface area contributed by atoms with Gasteiger partial charge in [-0.3, -0.25) is 0 Å². The van der Waals surface area contributed by atoms with Gasteiger partial charge >= 0.3 is 0 Å². The van der Waals surface area contributed by atoms with Gasteiger partial charge < -0.3 is 14.8 Å². The van der Waals surface area contributed by atoms with Gasteiger partial charge in [-0.25, -0.2) is 0 Å². The zero-order chi connectivity index (χ0) is 14.7. The molecule has 0 aliphatic heterocycles. The number of methoxy groups -OCH3 is 2. The predicted molar refractivity (Wildman–Crippen MR) is 85.9 cm³/mol. The van der Waals surface area contributed by atoms with E-state index in [1.54, 1.807) is 14.2 Å². The molecule has 1 aromatic carbocycles. The Morgan fingerprint density at radius 3 is 2.35 bits per heavy atom. The van der Waals surface area contributed by atoms with Crippen LogP contribution in [0.15, 0.2) is 24.3 Å². The van der Waals surface area contributed by atoms with Gasteiger partial charge in [0.15, 0.2) is 11.5 Å². The third kappa shape index (κ3) is 3.32. The van der Waals surface area contributed by atoms with Crippen molar-refractivity contribution in [3.05, 3.63) is 38.5 Å². The van der Waals surface area contributed by atoms with Crippen LogP contribution in [0, 0.1) is 0 Å². The van der Waals surface area contributed by atoms with E-state index in [1.165, 1.54) is 11.3 Å². The number of thiophene rings is 1. The summed E-state index contributed by atoms with van der Waals surface area (Å²) in [5, 5.41) is 3.37. The van der Waals surface area contributed by atoms with Gasteiger partial charge in [-0.2, -0.15) is 0 Å². The maximum absolute atomic E-state index is 6.16. The first kappa shape index (κ1) is 15.3. The molecule has 0 saturated carbocycles. The molecule has 0 bridgehead atoms. The van der Waals surface area contributed by atoms with Crippen molar-refractivity contribution >= 4 is 40.2 Å². The Hall–Kier alpha value is -1.10. The number of halogens is 2. The van der Waals surface area contributed by atoms with Gasteiger partial charge in [0.2, 0.25) is 0 Å². The first-order valence-electron chi connectivity index (χ1n) is 5.98. The fourth-order valence-electron chi connectivity index (χ4n) is 1.90. The van der Waals surface area contributed by atoms with Crippen molar-refractivity contribution in [1.82, 2.24) is 0 Å². The van der Waals surface area contributed by atoms with E-state index in [0.29, 0.717) is 20.2 Å². The highest BCUT2D eigenvalue weighted by atomic mass is 35.5. The summed E-state index contributed by atoms with van der Waals surface area (Å²) in [7, 11) is 3.22. The summed E-state index contributed by atoms with van der Waals surface area (Å²) in [4.78, 5) is 0. The summed E-state index contributed by atoms with van der Waals surface area (Å²) < 4.78 is 11.9. The summed E-state index contributed by atoms with van der Waals surface area (Å²) in [6, 6.07) is 7.60. The molecule has 2 aromatic rings. The van der Waals surface area contributed by atoms with Crippen LogP contribution in [-0.4, -0.2) is 14.2 Å². The second-order valence-corrected chi connectivity index (χ2v) is 6.50. The van der Waals surface area contributed by atoms with Gasteiger partial charge in [0.1, 0.15) is 0 Å². The molecule has 3 nitrogen and oxygen atoms in total. The van der Waals surface area contributed by atoms with E-state index in [0.717, 1.165) is 11.3 Å². The van der Waals surface area contributed by atoms with E-state index < -0.39 is 0 Å². The molecule has 0 amide bonds. The molecule has 1 heterocycles. The highest BCUT2D eigenvalue weighted by molar-refractivity contribution is 7.20. The molecule has 6 heteroatoms. The Morgan fingerprint density at radius 1 is 1.10 bits per heavy atom. The lowest BCUT2D eigenvalue weighted by atomic mass is 10.1. The van der Waals surface area contributed by atoms with E-state index in [1.807, 2.05) is 31.2 Å². The van der Waals surface area contributed by atoms with Gasteiger partial charge in [0.25, 0.3) is 0 Å². The van der Waals surface area contributed by atoms with Gasteiger partial charge in [0.05, 0.1) is 28.9 Å². The van der Waals surface area contributed by atoms with Gasteiger partial charge in [-0.05, 0) is 25.1 Å². The minimum absolute atomic E-state index is 0.0457. The first-order valence-corrected chi connectivity index (χ1v) is 7.55. The Labute approximate surface area is 132 Å². The van der Waals surface area contributed by atoms with E-state index in [4.69, 9.17) is 32.7 Å². The summed E-state index contributed by atoms with van der Waals surface area (Å²) in [6.07, 6.45) is 0. The van der Waals surface area contributed by atoms with Crippen LogP contribution in [-0.2, 0) is 0 Å². The molecule has 20 heavy (non-hydrogen) atoms. The van der Waals surface area contributed by atoms with E-state index >= 15 is 0 Å². The normalized spacial score (nSPS) is 12.1. The lowest BCUT2D eigenvalue weighted by Crippen LogP contribution is -2.06. The number of hydrogen-bond acceptors (Lipinski definition) is 4. The monoisotopic (exact) mass is 331 g/mol. The van der Waals surface area contributed by atoms with Crippen molar-refractivity contribution in [3.63, 3.8) is 0 Å². The average molecular weight is 332 g/mol. The molecule has 108 valence electrons. The highest BCUT2D eigenvalue weighted by Crippen LogP contribution is 2.37. The van der Waals surface area contributed by atoms with Crippen molar-refractivity contribution in [2.24, 2.45) is 0 Å². The van der Waals surface area contributed by atoms with Crippen LogP contribution in [0.5, 0.6) is 11.5 Å². The SMILES string of the molecule is COc1ccc(NC(C)c2cc(Cl)sc2Cl)cc1OC. The van der Waals surface area contributed by atoms with Crippen LogP contribution >= 0.6 is 34.5 Å². The average Bonchev–Trinajstić information content (AvgIpc) is 2.77. The van der Waals surface area contributed by atoms with E-state index in [-0.39, 0.29) is 6.04 Å². The maximum Gasteiger partial charge on any atom is 0.162 e. The number of rotatable bonds is 5. The second kappa shape index (κ2) is 6.57. The molecular weight excluding hydrogens is 317 g/mol. The van der Waals surface area contributed by atoms with Gasteiger partial charge in [-0.1, -0.05) is 23.2 Å². The summed E-state index contributed by atoms with van der Waals surface area (Å²) in [6.45, 7) is 2.03. The smallest absolute Gasteiger partial charge is 0.162 e. The van der Waals surface area contributed by atoms with E-state index in [9.17, 15) is 0 Å². The Morgan fingerprint density at radius 2 is 1.80 bits per heavy atom. The first-order chi connectivity index (χ1) is 9.55. The summed E-state index contributed by atoms with van der Waals surface area (Å²) in [5.41, 5.74) is 1.91. The molecule has 0 aliphatic carbocycles. The topological polar surface area (TPSA) is 30.5 Å². The molecular formula is C14H15Cl2NO2S. The molecule has 0 radical (unpaired) electrons. The van der Waals surface area contributed by atoms with Crippen molar-refractivity contribution in [1.29, 1.82) is 0 Å². The van der Waals surface area contributed by atoms with Crippen molar-refractivity contribution in [2.75, 3.05) is 19.5 Å². The molecule has 2 rings (SSSR count). The quantitative estimate of drug-likeness (QED) is 0.812. The zero-order valence-corrected chi connectivity index (χ0v) is 13.7. The lowest BCUT2D eigenvalue weighted by molar-refractivity contribution is 0.355. The standard InChI is InChI=1S/C14H15Cl2NO2S/c1-8(10-7-13(15)20-14(10)16)17-9-4-5-11(18-2)12(6-9)19-3/h4-8,17H,1-3H3. The fourth-order valence-corrected chi connectivity index (χ4v) is 3.55. The minimum atomic E-state index is 0.0457. The Kier molecular flexibility index (Phi) is 5.02. The summed E-state index contributed by atoms with van der Waals surface area (Å²) >= 11 is 13.5. The number of anilines is 1. The van der Waals surface area contributed by atoms with E-state index in [2.05, 4.69) is 5.32 Å². The van der Waals surface area contributed by atoms with Crippen molar-refractivity contribution in [3.8, 4) is 11.5 Å². The van der Waals surface area contributed by atoms with Crippen LogP contribution in [0.2, 0.25) is 8.67 Å². The molecule has 0 spiro atoms. The Bertz CT molecular complexity index is 601. The van der Waals surface area contributed by atoms with Gasteiger partial charge in [-0.15, -0.1) is 11.3 Å². The van der Waals surface area contributed by atoms with Crippen LogP contribution < -0.4 is 14.8 Å². The Balaban J connectivity index is 2.19. The second-order valence-electron chi connectivity index (χ2n) is 4.22. The molecule has 0 aliphatic rings. The third-order valence-electron chi connectivity index (χ3n) is 2.92. The number of benzene rings is 1. The number of nitrogens with one attached hydrogen (secondary N) is 1. The zero-order valence-electron chi connectivity index (χ0n) is 11.4. The predicted octanol–water partition coefficient (Wildman–Crippen LogP) is 5.25. The maximum atomic E-state index is 6.16. The summed E-state index contributed by atoms with van der Waals surface area (Å²) in [5.74, 6) is 1.38. The molecule has 0 fully saturated rings. The molecule has 1 unspecified atom stereocenters. The number of ether oxygens (including phenoxy) is 2.